The van der Waals surface area contributed by atoms with E-state index in [0.29, 0.717) is 18.8 Å². The van der Waals surface area contributed by atoms with E-state index in [4.69, 9.17) is 5.73 Å². The normalized spacial score (nSPS) is 15.9. The highest BCUT2D eigenvalue weighted by Gasteiger charge is 2.28. The molecule has 106 valence electrons. The van der Waals surface area contributed by atoms with Crippen molar-refractivity contribution in [2.45, 2.75) is 51.8 Å². The predicted molar refractivity (Wildman–Crippen MR) is 67.7 cm³/mol. The molecule has 4 N–H and O–H groups in total. The highest BCUT2D eigenvalue weighted by molar-refractivity contribution is 5.83. The first kappa shape index (κ1) is 16.9. The van der Waals surface area contributed by atoms with Crippen molar-refractivity contribution in [3.8, 4) is 0 Å². The van der Waals surface area contributed by atoms with Crippen LogP contribution in [0, 0.1) is 5.92 Å². The predicted octanol–water partition coefficient (Wildman–Crippen LogP) is -0.211. The van der Waals surface area contributed by atoms with Crippen LogP contribution in [0.2, 0.25) is 0 Å². The lowest BCUT2D eigenvalue weighted by Gasteiger charge is -2.23. The molecule has 0 heterocycles. The SMILES string of the molecule is CCC(NC(=O)C(N)CC(C)C)C(O)C(=O)OC. The summed E-state index contributed by atoms with van der Waals surface area (Å²) in [4.78, 5) is 23.0. The molecule has 0 aliphatic rings. The van der Waals surface area contributed by atoms with Crippen molar-refractivity contribution in [2.75, 3.05) is 7.11 Å². The average Bonchev–Trinajstić information content (AvgIpc) is 2.32. The zero-order valence-electron chi connectivity index (χ0n) is 11.5. The molecule has 0 radical (unpaired) electrons. The second-order valence-electron chi connectivity index (χ2n) is 4.73. The summed E-state index contributed by atoms with van der Waals surface area (Å²) in [6.45, 7) is 5.69. The van der Waals surface area contributed by atoms with Crippen molar-refractivity contribution in [3.63, 3.8) is 0 Å². The van der Waals surface area contributed by atoms with Crippen molar-refractivity contribution in [1.29, 1.82) is 0 Å². The minimum Gasteiger partial charge on any atom is -0.467 e. The van der Waals surface area contributed by atoms with Crippen LogP contribution in [-0.4, -0.2) is 42.3 Å². The number of aliphatic hydroxyl groups excluding tert-OH is 1. The van der Waals surface area contributed by atoms with Gasteiger partial charge in [0.05, 0.1) is 19.2 Å². The first-order valence-electron chi connectivity index (χ1n) is 6.15. The number of carbonyl (C=O) groups is 2. The first-order chi connectivity index (χ1) is 8.33. The highest BCUT2D eigenvalue weighted by Crippen LogP contribution is 2.05. The molecule has 0 saturated carbocycles. The van der Waals surface area contributed by atoms with Crippen molar-refractivity contribution in [1.82, 2.24) is 5.32 Å². The van der Waals surface area contributed by atoms with E-state index in [1.165, 1.54) is 7.11 Å². The van der Waals surface area contributed by atoms with Gasteiger partial charge in [-0.1, -0.05) is 20.8 Å². The van der Waals surface area contributed by atoms with Gasteiger partial charge in [0, 0.05) is 0 Å². The van der Waals surface area contributed by atoms with Crippen molar-refractivity contribution < 1.29 is 19.4 Å². The number of methoxy groups -OCH3 is 1. The second kappa shape index (κ2) is 8.05. The summed E-state index contributed by atoms with van der Waals surface area (Å²) < 4.78 is 4.43. The number of amides is 1. The van der Waals surface area contributed by atoms with E-state index in [2.05, 4.69) is 10.1 Å². The summed E-state index contributed by atoms with van der Waals surface area (Å²) in [6, 6.07) is -1.31. The van der Waals surface area contributed by atoms with Gasteiger partial charge in [-0.2, -0.15) is 0 Å². The molecule has 0 spiro atoms. The minimum absolute atomic E-state index is 0.302. The third kappa shape index (κ3) is 5.46. The Morgan fingerprint density at radius 3 is 2.33 bits per heavy atom. The van der Waals surface area contributed by atoms with Crippen molar-refractivity contribution >= 4 is 11.9 Å². The first-order valence-corrected chi connectivity index (χ1v) is 6.15. The van der Waals surface area contributed by atoms with E-state index in [1.807, 2.05) is 13.8 Å². The molecule has 1 amide bonds. The summed E-state index contributed by atoms with van der Waals surface area (Å²) in [5, 5.41) is 12.2. The van der Waals surface area contributed by atoms with Gasteiger partial charge >= 0.3 is 5.97 Å². The Kier molecular flexibility index (Phi) is 7.54. The van der Waals surface area contributed by atoms with Gasteiger partial charge in [-0.15, -0.1) is 0 Å². The van der Waals surface area contributed by atoms with Gasteiger partial charge in [0.15, 0.2) is 6.10 Å². The number of rotatable bonds is 7. The van der Waals surface area contributed by atoms with Crippen molar-refractivity contribution in [2.24, 2.45) is 11.7 Å². The quantitative estimate of drug-likeness (QED) is 0.550. The lowest BCUT2D eigenvalue weighted by atomic mass is 10.0. The van der Waals surface area contributed by atoms with Crippen LogP contribution in [0.4, 0.5) is 0 Å². The number of aliphatic hydroxyl groups is 1. The Balaban J connectivity index is 4.44. The zero-order chi connectivity index (χ0) is 14.3. The van der Waals surface area contributed by atoms with Crippen LogP contribution in [0.15, 0.2) is 0 Å². The van der Waals surface area contributed by atoms with Gasteiger partial charge < -0.3 is 20.9 Å². The minimum atomic E-state index is -1.37. The lowest BCUT2D eigenvalue weighted by Crippen LogP contribution is -2.52. The molecule has 0 aromatic heterocycles. The molecular weight excluding hydrogens is 236 g/mol. The maximum Gasteiger partial charge on any atom is 0.336 e. The largest absolute Gasteiger partial charge is 0.467 e. The summed E-state index contributed by atoms with van der Waals surface area (Å²) >= 11 is 0. The van der Waals surface area contributed by atoms with Crippen LogP contribution in [0.25, 0.3) is 0 Å². The molecule has 18 heavy (non-hydrogen) atoms. The van der Waals surface area contributed by atoms with E-state index in [9.17, 15) is 14.7 Å². The van der Waals surface area contributed by atoms with Gasteiger partial charge in [0.2, 0.25) is 5.91 Å². The van der Waals surface area contributed by atoms with Crippen LogP contribution in [0.1, 0.15) is 33.6 Å². The molecule has 0 bridgehead atoms. The molecule has 0 rings (SSSR count). The molecule has 0 fully saturated rings. The third-order valence-corrected chi connectivity index (χ3v) is 2.65. The topological polar surface area (TPSA) is 102 Å². The molecule has 6 heteroatoms. The van der Waals surface area contributed by atoms with Gasteiger partial charge in [0.25, 0.3) is 0 Å². The fraction of sp³-hybridized carbons (Fsp3) is 0.833. The van der Waals surface area contributed by atoms with E-state index in [-0.39, 0.29) is 5.91 Å². The van der Waals surface area contributed by atoms with Crippen LogP contribution < -0.4 is 11.1 Å². The molecule has 0 aliphatic heterocycles. The zero-order valence-corrected chi connectivity index (χ0v) is 11.5. The van der Waals surface area contributed by atoms with Crippen LogP contribution in [0.3, 0.4) is 0 Å². The van der Waals surface area contributed by atoms with Gasteiger partial charge in [0.1, 0.15) is 0 Å². The van der Waals surface area contributed by atoms with E-state index < -0.39 is 24.2 Å². The number of hydrogen-bond donors (Lipinski definition) is 3. The second-order valence-corrected chi connectivity index (χ2v) is 4.73. The van der Waals surface area contributed by atoms with E-state index >= 15 is 0 Å². The number of hydrogen-bond acceptors (Lipinski definition) is 5. The highest BCUT2D eigenvalue weighted by atomic mass is 16.5. The number of carbonyl (C=O) groups excluding carboxylic acids is 2. The Bertz CT molecular complexity index is 281. The van der Waals surface area contributed by atoms with Crippen LogP contribution in [0.5, 0.6) is 0 Å². The maximum atomic E-state index is 11.8. The van der Waals surface area contributed by atoms with E-state index in [0.717, 1.165) is 0 Å². The van der Waals surface area contributed by atoms with Gasteiger partial charge in [-0.25, -0.2) is 4.79 Å². The Morgan fingerprint density at radius 1 is 1.39 bits per heavy atom. The monoisotopic (exact) mass is 260 g/mol. The summed E-state index contributed by atoms with van der Waals surface area (Å²) in [5.41, 5.74) is 5.72. The molecule has 0 aliphatic carbocycles. The molecule has 0 aromatic carbocycles. The molecule has 0 saturated heterocycles. The van der Waals surface area contributed by atoms with Gasteiger partial charge in [-0.3, -0.25) is 4.79 Å². The smallest absolute Gasteiger partial charge is 0.336 e. The third-order valence-electron chi connectivity index (χ3n) is 2.65. The summed E-state index contributed by atoms with van der Waals surface area (Å²) in [7, 11) is 1.19. The molecular formula is C12H24N2O4. The lowest BCUT2D eigenvalue weighted by molar-refractivity contribution is -0.152. The Labute approximate surface area is 108 Å². The fourth-order valence-electron chi connectivity index (χ4n) is 1.59. The molecule has 0 aromatic rings. The number of nitrogens with one attached hydrogen (secondary N) is 1. The van der Waals surface area contributed by atoms with Crippen molar-refractivity contribution in [3.05, 3.63) is 0 Å². The molecule has 3 atom stereocenters. The number of nitrogens with two attached hydrogens (primary N) is 1. The van der Waals surface area contributed by atoms with Crippen LogP contribution in [-0.2, 0) is 14.3 Å². The molecule has 3 unspecified atom stereocenters. The Morgan fingerprint density at radius 2 is 1.94 bits per heavy atom. The van der Waals surface area contributed by atoms with Gasteiger partial charge in [-0.05, 0) is 18.8 Å². The molecule has 6 nitrogen and oxygen atoms in total. The Hall–Kier alpha value is -1.14. The summed E-state index contributed by atoms with van der Waals surface area (Å²) in [5.74, 6) is -0.825. The van der Waals surface area contributed by atoms with Crippen LogP contribution >= 0.6 is 0 Å². The number of esters is 1. The fourth-order valence-corrected chi connectivity index (χ4v) is 1.59. The average molecular weight is 260 g/mol. The summed E-state index contributed by atoms with van der Waals surface area (Å²) in [6.07, 6.45) is -0.400. The number of ether oxygens (including phenoxy) is 1. The standard InChI is InChI=1S/C12H24N2O4/c1-5-9(10(15)12(17)18-4)14-11(16)8(13)6-7(2)3/h7-10,15H,5-6,13H2,1-4H3,(H,14,16). The van der Waals surface area contributed by atoms with E-state index in [1.54, 1.807) is 6.92 Å². The maximum absolute atomic E-state index is 11.8.